The molecule has 0 radical (unpaired) electrons. The molecule has 2 rings (SSSR count). The number of ketones is 1. The molecule has 0 aliphatic carbocycles. The molecule has 0 N–H and O–H groups in total. The number of rotatable bonds is 4. The normalized spacial score (nSPS) is 10.8. The van der Waals surface area contributed by atoms with Crippen LogP contribution in [0.15, 0.2) is 48.5 Å². The molecule has 0 amide bonds. The standard InChI is InChI=1S/C18H18O2/c1-13-8-10-16(14(2)12-13)17(19)11-9-15-6-4-5-7-18(15)20-3/h4-12H,1-3H3. The highest BCUT2D eigenvalue weighted by Gasteiger charge is 2.06. The lowest BCUT2D eigenvalue weighted by Crippen LogP contribution is -1.98. The number of para-hydroxylation sites is 1. The van der Waals surface area contributed by atoms with Crippen molar-refractivity contribution in [1.29, 1.82) is 0 Å². The molecule has 0 unspecified atom stereocenters. The van der Waals surface area contributed by atoms with E-state index in [0.29, 0.717) is 0 Å². The molecule has 2 nitrogen and oxygen atoms in total. The Hall–Kier alpha value is -2.35. The minimum absolute atomic E-state index is 0.00778. The van der Waals surface area contributed by atoms with E-state index in [0.717, 1.165) is 28.0 Å². The van der Waals surface area contributed by atoms with Crippen molar-refractivity contribution in [2.75, 3.05) is 7.11 Å². The van der Waals surface area contributed by atoms with Crippen LogP contribution >= 0.6 is 0 Å². The third-order valence-corrected chi connectivity index (χ3v) is 3.20. The van der Waals surface area contributed by atoms with Gasteiger partial charge in [-0.05, 0) is 37.6 Å². The summed E-state index contributed by atoms with van der Waals surface area (Å²) in [5.41, 5.74) is 3.79. The molecule has 102 valence electrons. The number of hydrogen-bond donors (Lipinski definition) is 0. The van der Waals surface area contributed by atoms with Crippen LogP contribution < -0.4 is 4.74 Å². The van der Waals surface area contributed by atoms with Crippen molar-refractivity contribution in [2.24, 2.45) is 0 Å². The third kappa shape index (κ3) is 3.15. The molecule has 0 heterocycles. The van der Waals surface area contributed by atoms with E-state index in [1.165, 1.54) is 0 Å². The predicted molar refractivity (Wildman–Crippen MR) is 82.3 cm³/mol. The van der Waals surface area contributed by atoms with Gasteiger partial charge in [-0.15, -0.1) is 0 Å². The van der Waals surface area contributed by atoms with Crippen molar-refractivity contribution in [3.05, 3.63) is 70.8 Å². The van der Waals surface area contributed by atoms with E-state index in [1.807, 2.05) is 56.3 Å². The van der Waals surface area contributed by atoms with Crippen LogP contribution in [0.25, 0.3) is 6.08 Å². The van der Waals surface area contributed by atoms with Crippen LogP contribution in [-0.4, -0.2) is 12.9 Å². The fourth-order valence-electron chi connectivity index (χ4n) is 2.15. The second-order valence-corrected chi connectivity index (χ2v) is 4.76. The Bertz CT molecular complexity index is 654. The van der Waals surface area contributed by atoms with Crippen LogP contribution in [0.4, 0.5) is 0 Å². The lowest BCUT2D eigenvalue weighted by molar-refractivity contribution is 0.104. The molecule has 0 aliphatic rings. The van der Waals surface area contributed by atoms with Gasteiger partial charge in [0.05, 0.1) is 7.11 Å². The fourth-order valence-corrected chi connectivity index (χ4v) is 2.15. The van der Waals surface area contributed by atoms with Gasteiger partial charge in [-0.2, -0.15) is 0 Å². The molecule has 2 aromatic rings. The number of carbonyl (C=O) groups excluding carboxylic acids is 1. The fraction of sp³-hybridized carbons (Fsp3) is 0.167. The van der Waals surface area contributed by atoms with Crippen molar-refractivity contribution >= 4 is 11.9 Å². The maximum atomic E-state index is 12.2. The van der Waals surface area contributed by atoms with Gasteiger partial charge in [0.25, 0.3) is 0 Å². The van der Waals surface area contributed by atoms with Gasteiger partial charge in [-0.3, -0.25) is 4.79 Å². The van der Waals surface area contributed by atoms with Gasteiger partial charge in [0.1, 0.15) is 5.75 Å². The summed E-state index contributed by atoms with van der Waals surface area (Å²) >= 11 is 0. The molecule has 0 saturated heterocycles. The Morgan fingerprint density at radius 3 is 2.55 bits per heavy atom. The van der Waals surface area contributed by atoms with Gasteiger partial charge in [0.2, 0.25) is 0 Å². The van der Waals surface area contributed by atoms with Crippen LogP contribution in [0.5, 0.6) is 5.75 Å². The number of ether oxygens (including phenoxy) is 1. The van der Waals surface area contributed by atoms with E-state index in [-0.39, 0.29) is 5.78 Å². The summed E-state index contributed by atoms with van der Waals surface area (Å²) in [6.07, 6.45) is 3.38. The quantitative estimate of drug-likeness (QED) is 0.612. The zero-order valence-corrected chi connectivity index (χ0v) is 12.0. The van der Waals surface area contributed by atoms with Crippen molar-refractivity contribution in [1.82, 2.24) is 0 Å². The van der Waals surface area contributed by atoms with Gasteiger partial charge in [-0.25, -0.2) is 0 Å². The first-order valence-electron chi connectivity index (χ1n) is 6.54. The van der Waals surface area contributed by atoms with E-state index in [1.54, 1.807) is 19.3 Å². The molecular formula is C18H18O2. The molecule has 0 spiro atoms. The number of hydrogen-bond acceptors (Lipinski definition) is 2. The molecule has 2 aromatic carbocycles. The van der Waals surface area contributed by atoms with Crippen LogP contribution in [0.3, 0.4) is 0 Å². The van der Waals surface area contributed by atoms with Crippen molar-refractivity contribution in [3.8, 4) is 5.75 Å². The zero-order chi connectivity index (χ0) is 14.5. The summed E-state index contributed by atoms with van der Waals surface area (Å²) < 4.78 is 5.26. The molecule has 0 aromatic heterocycles. The molecule has 0 aliphatic heterocycles. The second-order valence-electron chi connectivity index (χ2n) is 4.76. The van der Waals surface area contributed by atoms with Gasteiger partial charge in [0, 0.05) is 11.1 Å². The van der Waals surface area contributed by atoms with Gasteiger partial charge in [0.15, 0.2) is 5.78 Å². The zero-order valence-electron chi connectivity index (χ0n) is 12.0. The minimum atomic E-state index is 0.00778. The number of benzene rings is 2. The summed E-state index contributed by atoms with van der Waals surface area (Å²) in [5, 5.41) is 0. The first-order valence-corrected chi connectivity index (χ1v) is 6.54. The number of aryl methyl sites for hydroxylation is 2. The van der Waals surface area contributed by atoms with E-state index < -0.39 is 0 Å². The lowest BCUT2D eigenvalue weighted by Gasteiger charge is -2.04. The Morgan fingerprint density at radius 2 is 1.85 bits per heavy atom. The maximum absolute atomic E-state index is 12.2. The Balaban J connectivity index is 2.25. The molecule has 0 atom stereocenters. The van der Waals surface area contributed by atoms with Crippen LogP contribution in [0.2, 0.25) is 0 Å². The van der Waals surface area contributed by atoms with Gasteiger partial charge < -0.3 is 4.74 Å². The lowest BCUT2D eigenvalue weighted by atomic mass is 10.0. The maximum Gasteiger partial charge on any atom is 0.186 e. The molecule has 0 bridgehead atoms. The van der Waals surface area contributed by atoms with Gasteiger partial charge in [-0.1, -0.05) is 42.0 Å². The summed E-state index contributed by atoms with van der Waals surface area (Å²) in [4.78, 5) is 12.2. The van der Waals surface area contributed by atoms with E-state index in [9.17, 15) is 4.79 Å². The first kappa shape index (κ1) is 14.1. The Kier molecular flexibility index (Phi) is 4.36. The molecule has 0 fully saturated rings. The summed E-state index contributed by atoms with van der Waals surface area (Å²) in [5.74, 6) is 0.769. The highest BCUT2D eigenvalue weighted by molar-refractivity contribution is 6.07. The number of methoxy groups -OCH3 is 1. The predicted octanol–water partition coefficient (Wildman–Crippen LogP) is 4.21. The first-order chi connectivity index (χ1) is 9.61. The summed E-state index contributed by atoms with van der Waals surface area (Å²) in [6, 6.07) is 13.5. The van der Waals surface area contributed by atoms with Crippen LogP contribution in [0, 0.1) is 13.8 Å². The van der Waals surface area contributed by atoms with E-state index in [2.05, 4.69) is 0 Å². The molecule has 20 heavy (non-hydrogen) atoms. The molecule has 0 saturated carbocycles. The average molecular weight is 266 g/mol. The van der Waals surface area contributed by atoms with Crippen LogP contribution in [-0.2, 0) is 0 Å². The monoisotopic (exact) mass is 266 g/mol. The van der Waals surface area contributed by atoms with E-state index >= 15 is 0 Å². The number of allylic oxidation sites excluding steroid dienone is 1. The highest BCUT2D eigenvalue weighted by atomic mass is 16.5. The SMILES string of the molecule is COc1ccccc1C=CC(=O)c1ccc(C)cc1C. The average Bonchev–Trinajstić information content (AvgIpc) is 2.45. The largest absolute Gasteiger partial charge is 0.496 e. The van der Waals surface area contributed by atoms with Crippen molar-refractivity contribution in [2.45, 2.75) is 13.8 Å². The smallest absolute Gasteiger partial charge is 0.186 e. The minimum Gasteiger partial charge on any atom is -0.496 e. The van der Waals surface area contributed by atoms with Crippen molar-refractivity contribution < 1.29 is 9.53 Å². The number of carbonyl (C=O) groups is 1. The molecule has 2 heteroatoms. The van der Waals surface area contributed by atoms with E-state index in [4.69, 9.17) is 4.74 Å². The van der Waals surface area contributed by atoms with Crippen molar-refractivity contribution in [3.63, 3.8) is 0 Å². The second kappa shape index (κ2) is 6.20. The topological polar surface area (TPSA) is 26.3 Å². The molecular weight excluding hydrogens is 248 g/mol. The summed E-state index contributed by atoms with van der Waals surface area (Å²) in [7, 11) is 1.62. The van der Waals surface area contributed by atoms with Crippen LogP contribution in [0.1, 0.15) is 27.0 Å². The highest BCUT2D eigenvalue weighted by Crippen LogP contribution is 2.19. The Labute approximate surface area is 119 Å². The Morgan fingerprint density at radius 1 is 1.10 bits per heavy atom. The van der Waals surface area contributed by atoms with Gasteiger partial charge >= 0.3 is 0 Å². The third-order valence-electron chi connectivity index (χ3n) is 3.20. The summed E-state index contributed by atoms with van der Waals surface area (Å²) in [6.45, 7) is 3.98.